The lowest BCUT2D eigenvalue weighted by atomic mass is 10.0. The van der Waals surface area contributed by atoms with E-state index >= 15 is 0 Å². The van der Waals surface area contributed by atoms with Crippen LogP contribution < -0.4 is 5.32 Å². The molecule has 3 unspecified atom stereocenters. The maximum Gasteiger partial charge on any atom is 0.110 e. The first kappa shape index (κ1) is 12.2. The lowest BCUT2D eigenvalue weighted by Crippen LogP contribution is -2.32. The van der Waals surface area contributed by atoms with Crippen molar-refractivity contribution in [2.24, 2.45) is 17.8 Å². The van der Waals surface area contributed by atoms with E-state index < -0.39 is 0 Å². The lowest BCUT2D eigenvalue weighted by molar-refractivity contribution is 0.444. The zero-order chi connectivity index (χ0) is 12.5. The van der Waals surface area contributed by atoms with E-state index in [4.69, 9.17) is 0 Å². The summed E-state index contributed by atoms with van der Waals surface area (Å²) in [4.78, 5) is 4.53. The first-order valence-corrected chi connectivity index (χ1v) is 7.52. The summed E-state index contributed by atoms with van der Waals surface area (Å²) in [6, 6.07) is 0.630. The Bertz CT molecular complexity index is 386. The van der Waals surface area contributed by atoms with E-state index in [2.05, 4.69) is 35.0 Å². The third-order valence-electron chi connectivity index (χ3n) is 5.10. The molecule has 2 aliphatic carbocycles. The monoisotopic (exact) mass is 247 g/mol. The number of likely N-dealkylation sites (N-methyl/N-ethyl adjacent to an activating group) is 1. The van der Waals surface area contributed by atoms with Crippen LogP contribution in [0.3, 0.4) is 0 Å². The summed E-state index contributed by atoms with van der Waals surface area (Å²) in [6.07, 6.45) is 11.0. The lowest BCUT2D eigenvalue weighted by Gasteiger charge is -2.17. The Labute approximate surface area is 110 Å². The van der Waals surface area contributed by atoms with Gasteiger partial charge < -0.3 is 9.88 Å². The first-order chi connectivity index (χ1) is 8.85. The van der Waals surface area contributed by atoms with Crippen molar-refractivity contribution in [1.82, 2.24) is 14.9 Å². The van der Waals surface area contributed by atoms with Gasteiger partial charge in [0.25, 0.3) is 0 Å². The minimum atomic E-state index is 0.630. The molecule has 0 amide bonds. The zero-order valence-electron chi connectivity index (χ0n) is 11.6. The summed E-state index contributed by atoms with van der Waals surface area (Å²) >= 11 is 0. The van der Waals surface area contributed by atoms with E-state index in [-0.39, 0.29) is 0 Å². The number of rotatable bonds is 5. The van der Waals surface area contributed by atoms with Gasteiger partial charge in [0, 0.05) is 31.4 Å². The quantitative estimate of drug-likeness (QED) is 0.866. The predicted octanol–water partition coefficient (Wildman–Crippen LogP) is 2.47. The van der Waals surface area contributed by atoms with Crippen LogP contribution in [-0.4, -0.2) is 22.6 Å². The SMILES string of the molecule is CCn1ccnc1CC(NC)C1C2CCCCC21. The topological polar surface area (TPSA) is 29.9 Å². The van der Waals surface area contributed by atoms with Gasteiger partial charge in [-0.25, -0.2) is 4.98 Å². The first-order valence-electron chi connectivity index (χ1n) is 7.52. The van der Waals surface area contributed by atoms with Gasteiger partial charge in [-0.2, -0.15) is 0 Å². The molecule has 3 atom stereocenters. The van der Waals surface area contributed by atoms with E-state index in [1.165, 1.54) is 31.5 Å². The fraction of sp³-hybridized carbons (Fsp3) is 0.800. The Balaban J connectivity index is 1.67. The Morgan fingerprint density at radius 2 is 2.11 bits per heavy atom. The van der Waals surface area contributed by atoms with E-state index in [9.17, 15) is 0 Å². The number of aryl methyl sites for hydroxylation is 1. The molecular formula is C15H25N3. The van der Waals surface area contributed by atoms with E-state index in [1.807, 2.05) is 6.20 Å². The van der Waals surface area contributed by atoms with Crippen molar-refractivity contribution < 1.29 is 0 Å². The van der Waals surface area contributed by atoms with Crippen molar-refractivity contribution in [2.75, 3.05) is 7.05 Å². The van der Waals surface area contributed by atoms with Gasteiger partial charge in [-0.1, -0.05) is 12.8 Å². The van der Waals surface area contributed by atoms with Crippen molar-refractivity contribution in [3.05, 3.63) is 18.2 Å². The second kappa shape index (κ2) is 5.04. The molecular weight excluding hydrogens is 222 g/mol. The zero-order valence-corrected chi connectivity index (χ0v) is 11.6. The van der Waals surface area contributed by atoms with Crippen LogP contribution in [0.5, 0.6) is 0 Å². The summed E-state index contributed by atoms with van der Waals surface area (Å²) < 4.78 is 2.27. The smallest absolute Gasteiger partial charge is 0.110 e. The van der Waals surface area contributed by atoms with Gasteiger partial charge in [-0.15, -0.1) is 0 Å². The average Bonchev–Trinajstić information content (AvgIpc) is 2.96. The number of aromatic nitrogens is 2. The predicted molar refractivity (Wildman–Crippen MR) is 73.4 cm³/mol. The molecule has 3 rings (SSSR count). The van der Waals surface area contributed by atoms with Gasteiger partial charge >= 0.3 is 0 Å². The maximum atomic E-state index is 4.53. The molecule has 1 aromatic rings. The van der Waals surface area contributed by atoms with E-state index in [0.29, 0.717) is 6.04 Å². The molecule has 0 spiro atoms. The molecule has 0 bridgehead atoms. The molecule has 2 aliphatic rings. The molecule has 0 aromatic carbocycles. The minimum absolute atomic E-state index is 0.630. The number of nitrogens with zero attached hydrogens (tertiary/aromatic N) is 2. The molecule has 3 heteroatoms. The summed E-state index contributed by atoms with van der Waals surface area (Å²) in [5.74, 6) is 4.20. The molecule has 3 nitrogen and oxygen atoms in total. The molecule has 1 N–H and O–H groups in total. The number of nitrogens with one attached hydrogen (secondary N) is 1. The molecule has 1 aromatic heterocycles. The second-order valence-electron chi connectivity index (χ2n) is 5.92. The standard InChI is InChI=1S/C15H25N3/c1-3-18-9-8-17-14(18)10-13(16-2)15-11-6-4-5-7-12(11)15/h8-9,11-13,15-16H,3-7,10H2,1-2H3. The molecule has 0 saturated heterocycles. The molecule has 0 aliphatic heterocycles. The summed E-state index contributed by atoms with van der Waals surface area (Å²) in [5, 5.41) is 3.56. The van der Waals surface area contributed by atoms with Crippen LogP contribution in [0, 0.1) is 17.8 Å². The third kappa shape index (κ3) is 2.09. The van der Waals surface area contributed by atoms with Crippen LogP contribution in [0.25, 0.3) is 0 Å². The highest BCUT2D eigenvalue weighted by atomic mass is 15.1. The second-order valence-corrected chi connectivity index (χ2v) is 5.92. The summed E-state index contributed by atoms with van der Waals surface area (Å²) in [7, 11) is 2.12. The summed E-state index contributed by atoms with van der Waals surface area (Å²) in [5.41, 5.74) is 0. The van der Waals surface area contributed by atoms with Gasteiger partial charge in [-0.05, 0) is 44.6 Å². The molecule has 2 fully saturated rings. The number of hydrogen-bond acceptors (Lipinski definition) is 2. The number of imidazole rings is 1. The van der Waals surface area contributed by atoms with Crippen molar-refractivity contribution in [3.8, 4) is 0 Å². The highest BCUT2D eigenvalue weighted by Crippen LogP contribution is 2.57. The fourth-order valence-electron chi connectivity index (χ4n) is 4.09. The average molecular weight is 247 g/mol. The fourth-order valence-corrected chi connectivity index (χ4v) is 4.09. The van der Waals surface area contributed by atoms with Gasteiger partial charge in [0.1, 0.15) is 5.82 Å². The van der Waals surface area contributed by atoms with Crippen molar-refractivity contribution in [1.29, 1.82) is 0 Å². The highest BCUT2D eigenvalue weighted by molar-refractivity contribution is 5.07. The molecule has 2 saturated carbocycles. The molecule has 0 radical (unpaired) electrons. The van der Waals surface area contributed by atoms with Gasteiger partial charge in [0.05, 0.1) is 0 Å². The van der Waals surface area contributed by atoms with Crippen LogP contribution in [0.1, 0.15) is 38.4 Å². The Morgan fingerprint density at radius 1 is 1.39 bits per heavy atom. The van der Waals surface area contributed by atoms with E-state index in [1.54, 1.807) is 0 Å². The normalized spacial score (nSPS) is 32.0. The number of hydrogen-bond donors (Lipinski definition) is 1. The highest BCUT2D eigenvalue weighted by Gasteiger charge is 2.53. The molecule has 18 heavy (non-hydrogen) atoms. The van der Waals surface area contributed by atoms with Crippen LogP contribution in [0.2, 0.25) is 0 Å². The molecule has 100 valence electrons. The van der Waals surface area contributed by atoms with Gasteiger partial charge in [-0.3, -0.25) is 0 Å². The maximum absolute atomic E-state index is 4.53. The van der Waals surface area contributed by atoms with Crippen molar-refractivity contribution in [2.45, 2.75) is 51.6 Å². The minimum Gasteiger partial charge on any atom is -0.335 e. The Morgan fingerprint density at radius 3 is 2.72 bits per heavy atom. The van der Waals surface area contributed by atoms with Gasteiger partial charge in [0.2, 0.25) is 0 Å². The van der Waals surface area contributed by atoms with E-state index in [0.717, 1.165) is 30.7 Å². The Kier molecular flexibility index (Phi) is 3.42. The number of fused-ring (bicyclic) bond motifs is 1. The van der Waals surface area contributed by atoms with Crippen LogP contribution in [0.4, 0.5) is 0 Å². The largest absolute Gasteiger partial charge is 0.335 e. The van der Waals surface area contributed by atoms with Crippen molar-refractivity contribution in [3.63, 3.8) is 0 Å². The third-order valence-corrected chi connectivity index (χ3v) is 5.10. The van der Waals surface area contributed by atoms with Crippen LogP contribution >= 0.6 is 0 Å². The van der Waals surface area contributed by atoms with Gasteiger partial charge in [0.15, 0.2) is 0 Å². The Hall–Kier alpha value is -0.830. The van der Waals surface area contributed by atoms with Crippen LogP contribution in [-0.2, 0) is 13.0 Å². The molecule has 1 heterocycles. The summed E-state index contributed by atoms with van der Waals surface area (Å²) in [6.45, 7) is 3.22. The van der Waals surface area contributed by atoms with Crippen molar-refractivity contribution >= 4 is 0 Å². The van der Waals surface area contributed by atoms with Crippen LogP contribution in [0.15, 0.2) is 12.4 Å².